The number of nitrogens with zero attached hydrogens (tertiary/aromatic N) is 2. The quantitative estimate of drug-likeness (QED) is 0.840. The van der Waals surface area contributed by atoms with E-state index in [2.05, 4.69) is 10.4 Å². The summed E-state index contributed by atoms with van der Waals surface area (Å²) in [7, 11) is 3.34. The summed E-state index contributed by atoms with van der Waals surface area (Å²) in [6.45, 7) is 3.70. The molecule has 1 aromatic rings. The summed E-state index contributed by atoms with van der Waals surface area (Å²) in [6, 6.07) is 0. The number of amides is 1. The SMILES string of the molecule is COC(C)(C)CC(=O)Nc1c(C2CCC2)c(C2CC(F)(F)C2)nn1C. The molecule has 0 saturated heterocycles. The number of nitrogens with one attached hydrogen (secondary N) is 1. The molecule has 2 aliphatic carbocycles. The molecule has 0 atom stereocenters. The Morgan fingerprint density at radius 3 is 2.48 bits per heavy atom. The van der Waals surface area contributed by atoms with Gasteiger partial charge in [-0.1, -0.05) is 6.42 Å². The highest BCUT2D eigenvalue weighted by molar-refractivity contribution is 5.91. The first kappa shape index (κ1) is 18.3. The van der Waals surface area contributed by atoms with Gasteiger partial charge < -0.3 is 10.1 Å². The Labute approximate surface area is 147 Å². The van der Waals surface area contributed by atoms with Crippen molar-refractivity contribution in [3.8, 4) is 0 Å². The average molecular weight is 355 g/mol. The Morgan fingerprint density at radius 2 is 2.00 bits per heavy atom. The van der Waals surface area contributed by atoms with Crippen LogP contribution in [0.5, 0.6) is 0 Å². The summed E-state index contributed by atoms with van der Waals surface area (Å²) >= 11 is 0. The standard InChI is InChI=1S/C18H27F2N3O2/c1-17(2,25-4)10-13(24)21-16-14(11-6-5-7-11)15(22-23(16)3)12-8-18(19,20)9-12/h11-12H,5-10H2,1-4H3,(H,21,24). The third-order valence-corrected chi connectivity index (χ3v) is 5.50. The summed E-state index contributed by atoms with van der Waals surface area (Å²) in [5, 5.41) is 7.46. The fraction of sp³-hybridized carbons (Fsp3) is 0.778. The molecule has 1 amide bonds. The minimum atomic E-state index is -2.58. The number of anilines is 1. The number of carbonyl (C=O) groups is 1. The summed E-state index contributed by atoms with van der Waals surface area (Å²) in [6.07, 6.45) is 3.10. The van der Waals surface area contributed by atoms with Crippen molar-refractivity contribution in [2.24, 2.45) is 7.05 Å². The van der Waals surface area contributed by atoms with Gasteiger partial charge in [-0.15, -0.1) is 0 Å². The van der Waals surface area contributed by atoms with E-state index in [-0.39, 0.29) is 31.1 Å². The number of halogens is 2. The van der Waals surface area contributed by atoms with Gasteiger partial charge in [0.15, 0.2) is 0 Å². The minimum Gasteiger partial charge on any atom is -0.378 e. The highest BCUT2D eigenvalue weighted by Gasteiger charge is 2.49. The lowest BCUT2D eigenvalue weighted by molar-refractivity contribution is -0.121. The van der Waals surface area contributed by atoms with E-state index in [4.69, 9.17) is 4.74 Å². The first-order chi connectivity index (χ1) is 11.6. The molecule has 7 heteroatoms. The zero-order valence-electron chi connectivity index (χ0n) is 15.4. The number of alkyl halides is 2. The molecule has 0 aromatic carbocycles. The highest BCUT2D eigenvalue weighted by atomic mass is 19.3. The molecule has 5 nitrogen and oxygen atoms in total. The van der Waals surface area contributed by atoms with Crippen LogP contribution in [-0.4, -0.2) is 34.3 Å². The van der Waals surface area contributed by atoms with Crippen LogP contribution >= 0.6 is 0 Å². The minimum absolute atomic E-state index is 0.145. The number of rotatable bonds is 6. The van der Waals surface area contributed by atoms with Crippen LogP contribution in [0.15, 0.2) is 0 Å². The van der Waals surface area contributed by atoms with Crippen LogP contribution in [0, 0.1) is 0 Å². The lowest BCUT2D eigenvalue weighted by atomic mass is 9.73. The van der Waals surface area contributed by atoms with Crippen molar-refractivity contribution in [1.29, 1.82) is 0 Å². The van der Waals surface area contributed by atoms with E-state index in [1.165, 1.54) is 0 Å². The maximum Gasteiger partial charge on any atom is 0.249 e. The van der Waals surface area contributed by atoms with Crippen LogP contribution in [0.2, 0.25) is 0 Å². The number of carbonyl (C=O) groups excluding carboxylic acids is 1. The monoisotopic (exact) mass is 355 g/mol. The second-order valence-corrected chi connectivity index (χ2v) is 8.05. The van der Waals surface area contributed by atoms with Crippen molar-refractivity contribution in [3.05, 3.63) is 11.3 Å². The van der Waals surface area contributed by atoms with Crippen LogP contribution in [0.1, 0.15) is 75.5 Å². The molecule has 1 N–H and O–H groups in total. The lowest BCUT2D eigenvalue weighted by Gasteiger charge is -2.36. The number of methoxy groups -OCH3 is 1. The van der Waals surface area contributed by atoms with E-state index in [1.807, 2.05) is 13.8 Å². The summed E-state index contributed by atoms with van der Waals surface area (Å²) in [5.41, 5.74) is 1.16. The van der Waals surface area contributed by atoms with E-state index in [0.29, 0.717) is 11.7 Å². The average Bonchev–Trinajstić information content (AvgIpc) is 2.71. The molecular formula is C18H27F2N3O2. The fourth-order valence-electron chi connectivity index (χ4n) is 3.60. The molecule has 25 heavy (non-hydrogen) atoms. The topological polar surface area (TPSA) is 56.1 Å². The van der Waals surface area contributed by atoms with Gasteiger partial charge in [-0.25, -0.2) is 8.78 Å². The molecule has 0 unspecified atom stereocenters. The van der Waals surface area contributed by atoms with Gasteiger partial charge in [0.05, 0.1) is 17.7 Å². The molecule has 2 aliphatic rings. The first-order valence-corrected chi connectivity index (χ1v) is 8.91. The third kappa shape index (κ3) is 3.71. The van der Waals surface area contributed by atoms with Crippen molar-refractivity contribution in [2.75, 3.05) is 12.4 Å². The Kier molecular flexibility index (Phi) is 4.64. The smallest absolute Gasteiger partial charge is 0.249 e. The van der Waals surface area contributed by atoms with Gasteiger partial charge in [-0.2, -0.15) is 5.10 Å². The zero-order chi connectivity index (χ0) is 18.4. The van der Waals surface area contributed by atoms with Crippen molar-refractivity contribution >= 4 is 11.7 Å². The Balaban J connectivity index is 1.83. The second kappa shape index (κ2) is 6.34. The lowest BCUT2D eigenvalue weighted by Crippen LogP contribution is -2.34. The third-order valence-electron chi connectivity index (χ3n) is 5.50. The number of hydrogen-bond acceptors (Lipinski definition) is 3. The van der Waals surface area contributed by atoms with Gasteiger partial charge in [0.25, 0.3) is 0 Å². The molecule has 2 fully saturated rings. The summed E-state index contributed by atoms with van der Waals surface area (Å²) < 4.78 is 33.6. The predicted molar refractivity (Wildman–Crippen MR) is 91.1 cm³/mol. The van der Waals surface area contributed by atoms with Crippen molar-refractivity contribution in [2.45, 2.75) is 75.7 Å². The first-order valence-electron chi connectivity index (χ1n) is 8.91. The Hall–Kier alpha value is -1.50. The Bertz CT molecular complexity index is 658. The van der Waals surface area contributed by atoms with Gasteiger partial charge in [0.1, 0.15) is 5.82 Å². The number of hydrogen-bond donors (Lipinski definition) is 1. The second-order valence-electron chi connectivity index (χ2n) is 8.05. The molecule has 0 aliphatic heterocycles. The van der Waals surface area contributed by atoms with Crippen molar-refractivity contribution in [1.82, 2.24) is 9.78 Å². The molecule has 1 aromatic heterocycles. The predicted octanol–water partition coefficient (Wildman–Crippen LogP) is 3.95. The van der Waals surface area contributed by atoms with Crippen LogP contribution in [0.4, 0.5) is 14.6 Å². The van der Waals surface area contributed by atoms with Gasteiger partial charge in [0.2, 0.25) is 11.8 Å². The van der Waals surface area contributed by atoms with E-state index >= 15 is 0 Å². The molecule has 0 spiro atoms. The number of aromatic nitrogens is 2. The van der Waals surface area contributed by atoms with Crippen molar-refractivity contribution < 1.29 is 18.3 Å². The molecule has 2 saturated carbocycles. The van der Waals surface area contributed by atoms with E-state index in [1.54, 1.807) is 18.8 Å². The maximum atomic E-state index is 13.3. The Morgan fingerprint density at radius 1 is 1.36 bits per heavy atom. The molecule has 1 heterocycles. The molecule has 140 valence electrons. The van der Waals surface area contributed by atoms with Crippen molar-refractivity contribution in [3.63, 3.8) is 0 Å². The van der Waals surface area contributed by atoms with E-state index in [0.717, 1.165) is 30.5 Å². The van der Waals surface area contributed by atoms with Crippen LogP contribution < -0.4 is 5.32 Å². The van der Waals surface area contributed by atoms with E-state index in [9.17, 15) is 13.6 Å². The maximum absolute atomic E-state index is 13.3. The summed E-state index contributed by atoms with van der Waals surface area (Å²) in [4.78, 5) is 12.4. The van der Waals surface area contributed by atoms with Gasteiger partial charge >= 0.3 is 0 Å². The number of aryl methyl sites for hydroxylation is 1. The van der Waals surface area contributed by atoms with Crippen LogP contribution in [0.25, 0.3) is 0 Å². The highest BCUT2D eigenvalue weighted by Crippen LogP contribution is 2.52. The molecule has 3 rings (SSSR count). The van der Waals surface area contributed by atoms with E-state index < -0.39 is 11.5 Å². The molecule has 0 bridgehead atoms. The van der Waals surface area contributed by atoms with Gasteiger partial charge in [0, 0.05) is 38.5 Å². The van der Waals surface area contributed by atoms with Crippen LogP contribution in [-0.2, 0) is 16.6 Å². The number of ether oxygens (including phenoxy) is 1. The molecular weight excluding hydrogens is 328 g/mol. The zero-order valence-corrected chi connectivity index (χ0v) is 15.4. The largest absolute Gasteiger partial charge is 0.378 e. The normalized spacial score (nSPS) is 20.9. The summed E-state index contributed by atoms with van der Waals surface area (Å²) in [5.74, 6) is -1.97. The fourth-order valence-corrected chi connectivity index (χ4v) is 3.60. The molecule has 0 radical (unpaired) electrons. The van der Waals surface area contributed by atoms with Gasteiger partial charge in [-0.05, 0) is 32.6 Å². The van der Waals surface area contributed by atoms with Crippen LogP contribution in [0.3, 0.4) is 0 Å². The van der Waals surface area contributed by atoms with Gasteiger partial charge in [-0.3, -0.25) is 9.48 Å².